The van der Waals surface area contributed by atoms with Crippen LogP contribution in [0, 0.1) is 5.82 Å². The molecule has 3 rings (SSSR count). The molecular weight excluding hydrogens is 293 g/mol. The molecule has 2 aliphatic rings. The van der Waals surface area contributed by atoms with E-state index in [1.165, 1.54) is 18.6 Å². The van der Waals surface area contributed by atoms with E-state index in [0.29, 0.717) is 0 Å². The topological polar surface area (TPSA) is 35.6 Å². The number of carbonyl (C=O) groups is 1. The number of nitrogens with zero attached hydrogens (tertiary/aromatic N) is 2. The van der Waals surface area contributed by atoms with Crippen molar-refractivity contribution in [3.63, 3.8) is 0 Å². The number of benzene rings is 1. The van der Waals surface area contributed by atoms with E-state index in [-0.39, 0.29) is 17.8 Å². The Morgan fingerprint density at radius 3 is 2.65 bits per heavy atom. The molecule has 2 saturated heterocycles. The van der Waals surface area contributed by atoms with Crippen molar-refractivity contribution in [2.75, 3.05) is 32.7 Å². The van der Waals surface area contributed by atoms with Gasteiger partial charge in [-0.15, -0.1) is 0 Å². The quantitative estimate of drug-likeness (QED) is 0.926. The number of amides is 1. The summed E-state index contributed by atoms with van der Waals surface area (Å²) >= 11 is 0. The summed E-state index contributed by atoms with van der Waals surface area (Å²) in [5.74, 6) is 0.0784. The van der Waals surface area contributed by atoms with Crippen molar-refractivity contribution in [3.05, 3.63) is 35.6 Å². The number of hydrogen-bond donors (Lipinski definition) is 1. The van der Waals surface area contributed by atoms with Crippen molar-refractivity contribution in [3.8, 4) is 0 Å². The molecule has 1 aromatic carbocycles. The first-order valence-corrected chi connectivity index (χ1v) is 8.71. The monoisotopic (exact) mass is 319 g/mol. The molecule has 0 saturated carbocycles. The summed E-state index contributed by atoms with van der Waals surface area (Å²) in [4.78, 5) is 17.0. The lowest BCUT2D eigenvalue weighted by atomic mass is 10.0. The van der Waals surface area contributed by atoms with Crippen LogP contribution in [0.3, 0.4) is 0 Å². The van der Waals surface area contributed by atoms with E-state index in [1.807, 2.05) is 17.0 Å². The SMILES string of the molecule is O=C(C1CCCCN1)N1CCCN(Cc2ccc(F)cc2)CC1. The van der Waals surface area contributed by atoms with Gasteiger partial charge in [0.05, 0.1) is 6.04 Å². The van der Waals surface area contributed by atoms with Gasteiger partial charge in [-0.3, -0.25) is 9.69 Å². The summed E-state index contributed by atoms with van der Waals surface area (Å²) in [6.45, 7) is 5.29. The highest BCUT2D eigenvalue weighted by atomic mass is 19.1. The molecule has 2 fully saturated rings. The van der Waals surface area contributed by atoms with Crippen LogP contribution in [0.5, 0.6) is 0 Å². The average molecular weight is 319 g/mol. The van der Waals surface area contributed by atoms with Crippen molar-refractivity contribution in [1.29, 1.82) is 0 Å². The van der Waals surface area contributed by atoms with E-state index < -0.39 is 0 Å². The fourth-order valence-corrected chi connectivity index (χ4v) is 3.48. The smallest absolute Gasteiger partial charge is 0.239 e. The molecule has 1 unspecified atom stereocenters. The standard InChI is InChI=1S/C18H26FN3O/c19-16-7-5-15(6-8-16)14-21-10-3-11-22(13-12-21)18(23)17-4-1-2-9-20-17/h5-8,17,20H,1-4,9-14H2. The van der Waals surface area contributed by atoms with Crippen LogP contribution in [0.15, 0.2) is 24.3 Å². The zero-order valence-corrected chi connectivity index (χ0v) is 13.6. The van der Waals surface area contributed by atoms with Crippen LogP contribution in [0.25, 0.3) is 0 Å². The minimum atomic E-state index is -0.193. The molecule has 1 atom stereocenters. The number of hydrogen-bond acceptors (Lipinski definition) is 3. The summed E-state index contributed by atoms with van der Waals surface area (Å²) < 4.78 is 13.0. The highest BCUT2D eigenvalue weighted by Crippen LogP contribution is 2.14. The van der Waals surface area contributed by atoms with E-state index >= 15 is 0 Å². The van der Waals surface area contributed by atoms with E-state index in [1.54, 1.807) is 0 Å². The van der Waals surface area contributed by atoms with Gasteiger partial charge in [-0.25, -0.2) is 4.39 Å². The Bertz CT molecular complexity index is 514. The van der Waals surface area contributed by atoms with E-state index in [0.717, 1.165) is 64.1 Å². The summed E-state index contributed by atoms with van der Waals surface area (Å²) in [6, 6.07) is 6.73. The fourth-order valence-electron chi connectivity index (χ4n) is 3.48. The molecule has 1 amide bonds. The second-order valence-electron chi connectivity index (χ2n) is 6.58. The van der Waals surface area contributed by atoms with Crippen molar-refractivity contribution in [1.82, 2.24) is 15.1 Å². The van der Waals surface area contributed by atoms with Crippen molar-refractivity contribution in [2.24, 2.45) is 0 Å². The minimum absolute atomic E-state index is 0.0207. The van der Waals surface area contributed by atoms with E-state index in [4.69, 9.17) is 0 Å². The maximum atomic E-state index is 13.0. The van der Waals surface area contributed by atoms with Crippen LogP contribution in [0.1, 0.15) is 31.2 Å². The van der Waals surface area contributed by atoms with Gasteiger partial charge in [-0.2, -0.15) is 0 Å². The number of rotatable bonds is 3. The Kier molecular flexibility index (Phi) is 5.62. The zero-order chi connectivity index (χ0) is 16.1. The lowest BCUT2D eigenvalue weighted by Crippen LogP contribution is -2.49. The number of halogens is 1. The molecule has 23 heavy (non-hydrogen) atoms. The van der Waals surface area contributed by atoms with Gasteiger partial charge in [-0.1, -0.05) is 18.6 Å². The van der Waals surface area contributed by atoms with Crippen molar-refractivity contribution in [2.45, 2.75) is 38.3 Å². The largest absolute Gasteiger partial charge is 0.340 e. The first kappa shape index (κ1) is 16.4. The molecule has 1 aromatic rings. The Morgan fingerprint density at radius 2 is 1.91 bits per heavy atom. The van der Waals surface area contributed by atoms with Crippen LogP contribution in [-0.2, 0) is 11.3 Å². The highest BCUT2D eigenvalue weighted by Gasteiger charge is 2.27. The summed E-state index contributed by atoms with van der Waals surface area (Å²) in [6.07, 6.45) is 4.29. The molecular formula is C18H26FN3O. The molecule has 4 nitrogen and oxygen atoms in total. The lowest BCUT2D eigenvalue weighted by molar-refractivity contribution is -0.133. The van der Waals surface area contributed by atoms with Crippen molar-refractivity contribution < 1.29 is 9.18 Å². The second kappa shape index (κ2) is 7.88. The summed E-state index contributed by atoms with van der Waals surface area (Å²) in [5, 5.41) is 3.35. The zero-order valence-electron chi connectivity index (χ0n) is 13.6. The van der Waals surface area contributed by atoms with E-state index in [2.05, 4.69) is 10.2 Å². The molecule has 2 heterocycles. The molecule has 0 bridgehead atoms. The van der Waals surface area contributed by atoms with Gasteiger partial charge in [0, 0.05) is 32.7 Å². The molecule has 126 valence electrons. The highest BCUT2D eigenvalue weighted by molar-refractivity contribution is 5.82. The van der Waals surface area contributed by atoms with Gasteiger partial charge in [0.2, 0.25) is 5.91 Å². The van der Waals surface area contributed by atoms with Crippen LogP contribution in [0.2, 0.25) is 0 Å². The van der Waals surface area contributed by atoms with Gasteiger partial charge in [0.25, 0.3) is 0 Å². The molecule has 5 heteroatoms. The molecule has 0 aliphatic carbocycles. The first-order valence-electron chi connectivity index (χ1n) is 8.71. The van der Waals surface area contributed by atoms with Gasteiger partial charge in [0.15, 0.2) is 0 Å². The van der Waals surface area contributed by atoms with Crippen LogP contribution in [0.4, 0.5) is 4.39 Å². The van der Waals surface area contributed by atoms with Crippen LogP contribution in [-0.4, -0.2) is 54.5 Å². The van der Waals surface area contributed by atoms with Gasteiger partial charge in [0.1, 0.15) is 5.82 Å². The second-order valence-corrected chi connectivity index (χ2v) is 6.58. The van der Waals surface area contributed by atoms with Crippen LogP contribution < -0.4 is 5.32 Å². The van der Waals surface area contributed by atoms with Gasteiger partial charge in [-0.05, 0) is 43.5 Å². The number of carbonyl (C=O) groups excluding carboxylic acids is 1. The van der Waals surface area contributed by atoms with E-state index in [9.17, 15) is 9.18 Å². The third-order valence-corrected chi connectivity index (χ3v) is 4.83. The number of nitrogens with one attached hydrogen (secondary N) is 1. The summed E-state index contributed by atoms with van der Waals surface area (Å²) in [5.41, 5.74) is 1.13. The normalized spacial score (nSPS) is 23.5. The molecule has 2 aliphatic heterocycles. The predicted molar refractivity (Wildman–Crippen MR) is 88.5 cm³/mol. The van der Waals surface area contributed by atoms with Gasteiger partial charge < -0.3 is 10.2 Å². The summed E-state index contributed by atoms with van der Waals surface area (Å²) in [7, 11) is 0. The predicted octanol–water partition coefficient (Wildman–Crippen LogP) is 2.00. The Hall–Kier alpha value is -1.46. The maximum Gasteiger partial charge on any atom is 0.239 e. The fraction of sp³-hybridized carbons (Fsp3) is 0.611. The van der Waals surface area contributed by atoms with Gasteiger partial charge >= 0.3 is 0 Å². The average Bonchev–Trinajstić information content (AvgIpc) is 2.83. The Labute approximate surface area is 137 Å². The molecule has 1 N–H and O–H groups in total. The first-order chi connectivity index (χ1) is 11.2. The lowest BCUT2D eigenvalue weighted by Gasteiger charge is -2.29. The third kappa shape index (κ3) is 4.52. The molecule has 0 radical (unpaired) electrons. The molecule has 0 spiro atoms. The number of piperidine rings is 1. The third-order valence-electron chi connectivity index (χ3n) is 4.83. The van der Waals surface area contributed by atoms with Crippen molar-refractivity contribution >= 4 is 5.91 Å². The maximum absolute atomic E-state index is 13.0. The Balaban J connectivity index is 1.52. The Morgan fingerprint density at radius 1 is 1.09 bits per heavy atom. The molecule has 0 aromatic heterocycles. The minimum Gasteiger partial charge on any atom is -0.340 e. The van der Waals surface area contributed by atoms with Crippen LogP contribution >= 0.6 is 0 Å².